The number of thiophene rings is 1. The number of Topliss-reactive ketones (excluding diaryl/α,β-unsaturated/α-hetero) is 1. The largest absolute Gasteiger partial charge is 0.373 e. The van der Waals surface area contributed by atoms with Crippen LogP contribution in [0.4, 0.5) is 0 Å². The highest BCUT2D eigenvalue weighted by Crippen LogP contribution is 2.35. The van der Waals surface area contributed by atoms with E-state index in [2.05, 4.69) is 16.8 Å². The zero-order chi connectivity index (χ0) is 10.7. The van der Waals surface area contributed by atoms with Crippen molar-refractivity contribution in [2.75, 3.05) is 7.11 Å². The Labute approximate surface area is 94.3 Å². The summed E-state index contributed by atoms with van der Waals surface area (Å²) in [7, 11) is 1.64. The van der Waals surface area contributed by atoms with Crippen LogP contribution in [0.2, 0.25) is 0 Å². The lowest BCUT2D eigenvalue weighted by molar-refractivity contribution is -0.129. The number of methoxy groups -OCH3 is 1. The van der Waals surface area contributed by atoms with E-state index in [0.29, 0.717) is 12.3 Å². The van der Waals surface area contributed by atoms with Crippen LogP contribution in [0.1, 0.15) is 24.8 Å². The Kier molecular flexibility index (Phi) is 3.54. The summed E-state index contributed by atoms with van der Waals surface area (Å²) < 4.78 is 5.26. The van der Waals surface area contributed by atoms with E-state index in [1.807, 2.05) is 0 Å². The predicted octanol–water partition coefficient (Wildman–Crippen LogP) is 2.67. The second-order valence-corrected chi connectivity index (χ2v) is 4.87. The van der Waals surface area contributed by atoms with Crippen molar-refractivity contribution < 1.29 is 9.53 Å². The van der Waals surface area contributed by atoms with Gasteiger partial charge in [-0.15, -0.1) is 0 Å². The second-order valence-electron chi connectivity index (χ2n) is 4.09. The van der Waals surface area contributed by atoms with Gasteiger partial charge in [-0.05, 0) is 47.6 Å². The van der Waals surface area contributed by atoms with Gasteiger partial charge in [-0.25, -0.2) is 0 Å². The van der Waals surface area contributed by atoms with E-state index in [9.17, 15) is 4.79 Å². The van der Waals surface area contributed by atoms with Gasteiger partial charge in [0, 0.05) is 13.5 Å². The Bertz CT molecular complexity index is 314. The number of aryl methyl sites for hydroxylation is 1. The number of ketones is 1. The molecule has 1 fully saturated rings. The molecule has 0 bridgehead atoms. The topological polar surface area (TPSA) is 26.3 Å². The number of carbonyl (C=O) groups excluding carboxylic acids is 1. The van der Waals surface area contributed by atoms with E-state index in [4.69, 9.17) is 4.74 Å². The molecule has 1 aliphatic carbocycles. The Hall–Kier alpha value is -0.670. The molecule has 3 heteroatoms. The van der Waals surface area contributed by atoms with Gasteiger partial charge in [0.05, 0.1) is 0 Å². The van der Waals surface area contributed by atoms with Gasteiger partial charge >= 0.3 is 0 Å². The first-order valence-electron chi connectivity index (χ1n) is 5.38. The van der Waals surface area contributed by atoms with Gasteiger partial charge in [0.25, 0.3) is 0 Å². The van der Waals surface area contributed by atoms with Crippen LogP contribution < -0.4 is 0 Å². The molecule has 82 valence electrons. The van der Waals surface area contributed by atoms with E-state index in [0.717, 1.165) is 19.3 Å². The summed E-state index contributed by atoms with van der Waals surface area (Å²) in [6, 6.07) is 2.08. The average molecular weight is 224 g/mol. The summed E-state index contributed by atoms with van der Waals surface area (Å²) in [5.41, 5.74) is 1.26. The third kappa shape index (κ3) is 2.89. The third-order valence-corrected chi connectivity index (χ3v) is 3.59. The molecule has 1 atom stereocenters. The second kappa shape index (κ2) is 4.90. The molecule has 1 heterocycles. The average Bonchev–Trinajstić information content (AvgIpc) is 2.93. The highest BCUT2D eigenvalue weighted by Gasteiger charge is 2.35. The molecular formula is C12H16O2S. The van der Waals surface area contributed by atoms with Crippen molar-refractivity contribution in [3.63, 3.8) is 0 Å². The molecule has 1 aromatic heterocycles. The van der Waals surface area contributed by atoms with Crippen LogP contribution in [0.3, 0.4) is 0 Å². The molecule has 0 N–H and O–H groups in total. The van der Waals surface area contributed by atoms with Crippen molar-refractivity contribution in [2.45, 2.75) is 31.8 Å². The van der Waals surface area contributed by atoms with Crippen molar-refractivity contribution in [1.82, 2.24) is 0 Å². The fraction of sp³-hybridized carbons (Fsp3) is 0.583. The van der Waals surface area contributed by atoms with Crippen LogP contribution in [-0.4, -0.2) is 19.0 Å². The molecule has 1 saturated carbocycles. The molecule has 0 saturated heterocycles. The van der Waals surface area contributed by atoms with Crippen molar-refractivity contribution in [2.24, 2.45) is 5.92 Å². The molecule has 1 unspecified atom stereocenters. The van der Waals surface area contributed by atoms with Crippen molar-refractivity contribution >= 4 is 17.1 Å². The quantitative estimate of drug-likeness (QED) is 0.742. The first-order chi connectivity index (χ1) is 7.31. The van der Waals surface area contributed by atoms with Gasteiger partial charge in [-0.1, -0.05) is 0 Å². The lowest BCUT2D eigenvalue weighted by Gasteiger charge is -2.12. The fourth-order valence-corrected chi connectivity index (χ4v) is 2.53. The number of hydrogen-bond acceptors (Lipinski definition) is 3. The summed E-state index contributed by atoms with van der Waals surface area (Å²) in [5, 5.41) is 4.15. The van der Waals surface area contributed by atoms with E-state index in [-0.39, 0.29) is 11.9 Å². The summed E-state index contributed by atoms with van der Waals surface area (Å²) in [5.74, 6) is 0.774. The number of rotatable bonds is 6. The molecule has 0 spiro atoms. The first-order valence-corrected chi connectivity index (χ1v) is 6.32. The summed E-state index contributed by atoms with van der Waals surface area (Å²) in [6.45, 7) is 0. The van der Waals surface area contributed by atoms with Crippen molar-refractivity contribution in [3.05, 3.63) is 22.4 Å². The van der Waals surface area contributed by atoms with Crippen LogP contribution in [0.5, 0.6) is 0 Å². The molecule has 2 nitrogen and oxygen atoms in total. The van der Waals surface area contributed by atoms with Gasteiger partial charge in [0.15, 0.2) is 5.78 Å². The maximum absolute atomic E-state index is 11.8. The summed E-state index contributed by atoms with van der Waals surface area (Å²) >= 11 is 1.68. The monoisotopic (exact) mass is 224 g/mol. The molecule has 1 aromatic rings. The Morgan fingerprint density at radius 1 is 1.67 bits per heavy atom. The Morgan fingerprint density at radius 2 is 2.47 bits per heavy atom. The van der Waals surface area contributed by atoms with Crippen LogP contribution in [0.25, 0.3) is 0 Å². The van der Waals surface area contributed by atoms with Crippen LogP contribution >= 0.6 is 11.3 Å². The maximum atomic E-state index is 11.8. The lowest BCUT2D eigenvalue weighted by atomic mass is 10.0. The highest BCUT2D eigenvalue weighted by molar-refractivity contribution is 7.07. The van der Waals surface area contributed by atoms with Crippen LogP contribution in [-0.2, 0) is 16.0 Å². The molecular weight excluding hydrogens is 208 g/mol. The summed E-state index contributed by atoms with van der Waals surface area (Å²) in [6.07, 6.45) is 3.65. The minimum Gasteiger partial charge on any atom is -0.373 e. The molecule has 0 radical (unpaired) electrons. The van der Waals surface area contributed by atoms with Gasteiger partial charge in [0.1, 0.15) is 6.10 Å². The molecule has 0 aliphatic heterocycles. The molecule has 15 heavy (non-hydrogen) atoms. The number of hydrogen-bond donors (Lipinski definition) is 0. The minimum atomic E-state index is -0.136. The standard InChI is InChI=1S/C12H16O2S/c1-14-12(10-3-4-10)11(13)5-2-9-6-7-15-8-9/h6-8,10,12H,2-5H2,1H3. The highest BCUT2D eigenvalue weighted by atomic mass is 32.1. The van der Waals surface area contributed by atoms with Crippen molar-refractivity contribution in [1.29, 1.82) is 0 Å². The fourth-order valence-electron chi connectivity index (χ4n) is 1.83. The van der Waals surface area contributed by atoms with Crippen LogP contribution in [0, 0.1) is 5.92 Å². The van der Waals surface area contributed by atoms with Crippen molar-refractivity contribution in [3.8, 4) is 0 Å². The smallest absolute Gasteiger partial charge is 0.162 e. The van der Waals surface area contributed by atoms with Gasteiger partial charge < -0.3 is 4.74 Å². The van der Waals surface area contributed by atoms with E-state index >= 15 is 0 Å². The van der Waals surface area contributed by atoms with Gasteiger partial charge in [-0.2, -0.15) is 11.3 Å². The van der Waals surface area contributed by atoms with Gasteiger partial charge in [0.2, 0.25) is 0 Å². The Morgan fingerprint density at radius 3 is 3.00 bits per heavy atom. The molecule has 2 rings (SSSR count). The molecule has 0 aromatic carbocycles. The zero-order valence-electron chi connectivity index (χ0n) is 8.94. The SMILES string of the molecule is COC(C(=O)CCc1ccsc1)C1CC1. The summed E-state index contributed by atoms with van der Waals surface area (Å²) in [4.78, 5) is 11.8. The lowest BCUT2D eigenvalue weighted by Crippen LogP contribution is -2.25. The third-order valence-electron chi connectivity index (χ3n) is 2.86. The van der Waals surface area contributed by atoms with Crippen LogP contribution in [0.15, 0.2) is 16.8 Å². The molecule has 1 aliphatic rings. The van der Waals surface area contributed by atoms with E-state index in [1.165, 1.54) is 5.56 Å². The van der Waals surface area contributed by atoms with E-state index in [1.54, 1.807) is 18.4 Å². The predicted molar refractivity (Wildman–Crippen MR) is 61.2 cm³/mol. The number of ether oxygens (including phenoxy) is 1. The first kappa shape index (κ1) is 10.8. The normalized spacial score (nSPS) is 17.7. The minimum absolute atomic E-state index is 0.136. The molecule has 0 amide bonds. The maximum Gasteiger partial charge on any atom is 0.162 e. The number of carbonyl (C=O) groups is 1. The van der Waals surface area contributed by atoms with Gasteiger partial charge in [-0.3, -0.25) is 4.79 Å². The van der Waals surface area contributed by atoms with E-state index < -0.39 is 0 Å². The zero-order valence-corrected chi connectivity index (χ0v) is 9.76. The Balaban J connectivity index is 1.80.